The van der Waals surface area contributed by atoms with Crippen LogP contribution in [0.25, 0.3) is 0 Å². The summed E-state index contributed by atoms with van der Waals surface area (Å²) in [5.41, 5.74) is 1.94. The lowest BCUT2D eigenvalue weighted by Crippen LogP contribution is -2.29. The summed E-state index contributed by atoms with van der Waals surface area (Å²) >= 11 is 6.18. The molecule has 0 unspecified atom stereocenters. The zero-order chi connectivity index (χ0) is 13.8. The van der Waals surface area contributed by atoms with Crippen molar-refractivity contribution in [1.82, 2.24) is 0 Å². The van der Waals surface area contributed by atoms with Crippen LogP contribution in [0.4, 0.5) is 5.69 Å². The Bertz CT molecular complexity index is 457. The Balaban J connectivity index is 1.96. The number of anilines is 1. The van der Waals surface area contributed by atoms with E-state index in [9.17, 15) is 4.79 Å². The van der Waals surface area contributed by atoms with Gasteiger partial charge in [0.1, 0.15) is 6.04 Å². The summed E-state index contributed by atoms with van der Waals surface area (Å²) in [4.78, 5) is 11.9. The van der Waals surface area contributed by atoms with Crippen LogP contribution in [0, 0.1) is 5.92 Å². The van der Waals surface area contributed by atoms with E-state index in [0.29, 0.717) is 17.5 Å². The Kier molecular flexibility index (Phi) is 4.70. The molecular weight excluding hydrogens is 262 g/mol. The van der Waals surface area contributed by atoms with Crippen molar-refractivity contribution in [3.8, 4) is 0 Å². The van der Waals surface area contributed by atoms with Gasteiger partial charge in [-0.15, -0.1) is 0 Å². The normalized spacial score (nSPS) is 15.9. The number of ether oxygens (including phenoxy) is 1. The number of nitrogens with one attached hydrogen (secondary N) is 1. The van der Waals surface area contributed by atoms with E-state index in [1.165, 1.54) is 12.8 Å². The second kappa shape index (κ2) is 6.29. The highest BCUT2D eigenvalue weighted by molar-refractivity contribution is 6.33. The van der Waals surface area contributed by atoms with Crippen LogP contribution in [0.5, 0.6) is 0 Å². The highest BCUT2D eigenvalue weighted by atomic mass is 35.5. The fourth-order valence-corrected chi connectivity index (χ4v) is 2.16. The molecule has 1 fully saturated rings. The summed E-state index contributed by atoms with van der Waals surface area (Å²) in [6.07, 6.45) is 3.23. The Morgan fingerprint density at radius 2 is 2.26 bits per heavy atom. The summed E-state index contributed by atoms with van der Waals surface area (Å²) in [6, 6.07) is 5.37. The van der Waals surface area contributed by atoms with Gasteiger partial charge in [-0.25, -0.2) is 4.79 Å². The molecule has 19 heavy (non-hydrogen) atoms. The lowest BCUT2D eigenvalue weighted by Gasteiger charge is -2.18. The Morgan fingerprint density at radius 1 is 1.53 bits per heavy atom. The van der Waals surface area contributed by atoms with Crippen LogP contribution in [-0.2, 0) is 16.0 Å². The van der Waals surface area contributed by atoms with Gasteiger partial charge < -0.3 is 10.1 Å². The summed E-state index contributed by atoms with van der Waals surface area (Å²) in [5.74, 6) is 0.372. The van der Waals surface area contributed by atoms with E-state index in [4.69, 9.17) is 16.3 Å². The number of hydrogen-bond acceptors (Lipinski definition) is 3. The topological polar surface area (TPSA) is 38.3 Å². The number of esters is 1. The highest BCUT2D eigenvalue weighted by Crippen LogP contribution is 2.29. The zero-order valence-electron chi connectivity index (χ0n) is 11.4. The Labute approximate surface area is 119 Å². The number of carbonyl (C=O) groups excluding carboxylic acids is 1. The molecule has 1 N–H and O–H groups in total. The van der Waals surface area contributed by atoms with Crippen molar-refractivity contribution in [2.45, 2.75) is 39.2 Å². The smallest absolute Gasteiger partial charge is 0.328 e. The van der Waals surface area contributed by atoms with Gasteiger partial charge in [-0.3, -0.25) is 0 Å². The van der Waals surface area contributed by atoms with Crippen molar-refractivity contribution in [3.63, 3.8) is 0 Å². The van der Waals surface area contributed by atoms with E-state index in [2.05, 4.69) is 12.2 Å². The van der Waals surface area contributed by atoms with Gasteiger partial charge in [0.05, 0.1) is 17.3 Å². The largest absolute Gasteiger partial charge is 0.464 e. The third kappa shape index (κ3) is 3.87. The fraction of sp³-hybridized carbons (Fsp3) is 0.533. The number of para-hydroxylation sites is 1. The molecule has 0 heterocycles. The molecular formula is C15H20ClNO2. The molecule has 4 heteroatoms. The first-order chi connectivity index (χ1) is 9.11. The second-order valence-corrected chi connectivity index (χ2v) is 5.47. The number of carbonyl (C=O) groups is 1. The predicted molar refractivity (Wildman–Crippen MR) is 77.6 cm³/mol. The molecule has 0 aliphatic heterocycles. The molecule has 0 amide bonds. The number of benzene rings is 1. The molecule has 1 atom stereocenters. The van der Waals surface area contributed by atoms with Gasteiger partial charge in [0.15, 0.2) is 0 Å². The van der Waals surface area contributed by atoms with Crippen LogP contribution < -0.4 is 5.32 Å². The van der Waals surface area contributed by atoms with Crippen molar-refractivity contribution >= 4 is 23.3 Å². The standard InChI is InChI=1S/C15H20ClNO2/c1-3-12-5-4-6-13(16)14(12)17-10(2)15(18)19-9-11-7-8-11/h4-6,10-11,17H,3,7-9H2,1-2H3/t10-/m0/s1. The maximum absolute atomic E-state index is 11.9. The molecule has 0 radical (unpaired) electrons. The summed E-state index contributed by atoms with van der Waals surface area (Å²) in [7, 11) is 0. The molecule has 3 nitrogen and oxygen atoms in total. The first kappa shape index (κ1) is 14.2. The van der Waals surface area contributed by atoms with E-state index in [-0.39, 0.29) is 12.0 Å². The number of aryl methyl sites for hydroxylation is 1. The van der Waals surface area contributed by atoms with Gasteiger partial charge in [0, 0.05) is 0 Å². The number of hydrogen-bond donors (Lipinski definition) is 1. The first-order valence-corrected chi connectivity index (χ1v) is 7.20. The van der Waals surface area contributed by atoms with Crippen molar-refractivity contribution < 1.29 is 9.53 Å². The van der Waals surface area contributed by atoms with Crippen LogP contribution in [0.3, 0.4) is 0 Å². The maximum Gasteiger partial charge on any atom is 0.328 e. The summed E-state index contributed by atoms with van der Waals surface area (Å²) in [5, 5.41) is 3.81. The van der Waals surface area contributed by atoms with Crippen molar-refractivity contribution in [1.29, 1.82) is 0 Å². The van der Waals surface area contributed by atoms with Gasteiger partial charge in [-0.05, 0) is 43.7 Å². The first-order valence-electron chi connectivity index (χ1n) is 6.82. The minimum atomic E-state index is -0.385. The minimum absolute atomic E-state index is 0.214. The van der Waals surface area contributed by atoms with Crippen molar-refractivity contribution in [2.75, 3.05) is 11.9 Å². The highest BCUT2D eigenvalue weighted by Gasteiger charge is 2.25. The molecule has 104 valence electrons. The average Bonchev–Trinajstić information content (AvgIpc) is 3.22. The van der Waals surface area contributed by atoms with Crippen LogP contribution in [0.15, 0.2) is 18.2 Å². The van der Waals surface area contributed by atoms with Gasteiger partial charge in [0.2, 0.25) is 0 Å². The van der Waals surface area contributed by atoms with E-state index in [1.807, 2.05) is 18.2 Å². The van der Waals surface area contributed by atoms with E-state index in [0.717, 1.165) is 17.7 Å². The molecule has 0 bridgehead atoms. The lowest BCUT2D eigenvalue weighted by molar-refractivity contribution is -0.144. The SMILES string of the molecule is CCc1cccc(Cl)c1N[C@@H](C)C(=O)OCC1CC1. The minimum Gasteiger partial charge on any atom is -0.464 e. The van der Waals surface area contributed by atoms with Crippen molar-refractivity contribution in [3.05, 3.63) is 28.8 Å². The van der Waals surface area contributed by atoms with Crippen LogP contribution in [0.2, 0.25) is 5.02 Å². The van der Waals surface area contributed by atoms with Crippen LogP contribution in [0.1, 0.15) is 32.3 Å². The van der Waals surface area contributed by atoms with Gasteiger partial charge >= 0.3 is 5.97 Å². The third-order valence-electron chi connectivity index (χ3n) is 3.35. The number of rotatable bonds is 6. The van der Waals surface area contributed by atoms with Gasteiger partial charge in [0.25, 0.3) is 0 Å². The van der Waals surface area contributed by atoms with E-state index in [1.54, 1.807) is 6.92 Å². The van der Waals surface area contributed by atoms with Gasteiger partial charge in [-0.1, -0.05) is 30.7 Å². The molecule has 0 spiro atoms. The molecule has 1 aliphatic rings. The second-order valence-electron chi connectivity index (χ2n) is 5.07. The molecule has 0 aromatic heterocycles. The molecule has 1 aromatic rings. The fourth-order valence-electron chi connectivity index (χ4n) is 1.91. The third-order valence-corrected chi connectivity index (χ3v) is 3.67. The predicted octanol–water partition coefficient (Wildman–Crippen LogP) is 3.66. The molecule has 1 aromatic carbocycles. The van der Waals surface area contributed by atoms with Crippen molar-refractivity contribution in [2.24, 2.45) is 5.92 Å². The Hall–Kier alpha value is -1.22. The van der Waals surface area contributed by atoms with Crippen LogP contribution in [-0.4, -0.2) is 18.6 Å². The molecule has 1 saturated carbocycles. The molecule has 1 aliphatic carbocycles. The van der Waals surface area contributed by atoms with E-state index < -0.39 is 0 Å². The monoisotopic (exact) mass is 281 g/mol. The lowest BCUT2D eigenvalue weighted by atomic mass is 10.1. The maximum atomic E-state index is 11.9. The summed E-state index contributed by atoms with van der Waals surface area (Å²) < 4.78 is 5.27. The van der Waals surface area contributed by atoms with E-state index >= 15 is 0 Å². The van der Waals surface area contributed by atoms with Crippen LogP contribution >= 0.6 is 11.6 Å². The zero-order valence-corrected chi connectivity index (χ0v) is 12.2. The molecule has 0 saturated heterocycles. The average molecular weight is 282 g/mol. The van der Waals surface area contributed by atoms with Gasteiger partial charge in [-0.2, -0.15) is 0 Å². The Morgan fingerprint density at radius 3 is 2.89 bits per heavy atom. The quantitative estimate of drug-likeness (QED) is 0.809. The summed E-state index contributed by atoms with van der Waals surface area (Å²) in [6.45, 7) is 4.42. The molecule has 2 rings (SSSR count). The number of halogens is 1.